The monoisotopic (exact) mass is 309 g/mol. The van der Waals surface area contributed by atoms with Crippen LogP contribution in [-0.2, 0) is 6.42 Å². The van der Waals surface area contributed by atoms with Gasteiger partial charge in [-0.3, -0.25) is 0 Å². The van der Waals surface area contributed by atoms with E-state index in [9.17, 15) is 0 Å². The van der Waals surface area contributed by atoms with Crippen LogP contribution in [0.15, 0.2) is 54.6 Å². The minimum absolute atomic E-state index is 0.598. The van der Waals surface area contributed by atoms with Crippen LogP contribution in [0.5, 0.6) is 5.75 Å². The summed E-state index contributed by atoms with van der Waals surface area (Å²) in [6, 6.07) is 20.0. The van der Waals surface area contributed by atoms with E-state index in [1.807, 2.05) is 0 Å². The van der Waals surface area contributed by atoms with E-state index >= 15 is 0 Å². The third kappa shape index (κ3) is 4.35. The van der Waals surface area contributed by atoms with Gasteiger partial charge in [0, 0.05) is 6.04 Å². The molecule has 0 aromatic heterocycles. The number of methoxy groups -OCH3 is 1. The van der Waals surface area contributed by atoms with E-state index in [0.717, 1.165) is 18.7 Å². The number of hydrogen-bond donors (Lipinski definition) is 1. The van der Waals surface area contributed by atoms with Crippen molar-refractivity contribution in [1.29, 1.82) is 0 Å². The quantitative estimate of drug-likeness (QED) is 0.845. The van der Waals surface area contributed by atoms with Gasteiger partial charge in [0.1, 0.15) is 5.75 Å². The first-order chi connectivity index (χ1) is 11.4. The van der Waals surface area contributed by atoms with E-state index in [1.54, 1.807) is 7.11 Å². The molecular weight excluding hydrogens is 282 g/mol. The Hall–Kier alpha value is -1.80. The summed E-state index contributed by atoms with van der Waals surface area (Å²) in [7, 11) is 1.73. The highest BCUT2D eigenvalue weighted by Crippen LogP contribution is 2.33. The average Bonchev–Trinajstić information content (AvgIpc) is 2.63. The van der Waals surface area contributed by atoms with E-state index in [0.29, 0.717) is 12.0 Å². The number of hydrogen-bond acceptors (Lipinski definition) is 2. The highest BCUT2D eigenvalue weighted by Gasteiger charge is 2.25. The highest BCUT2D eigenvalue weighted by atomic mass is 16.5. The zero-order valence-electron chi connectivity index (χ0n) is 14.0. The van der Waals surface area contributed by atoms with Crippen molar-refractivity contribution in [3.8, 4) is 5.75 Å². The van der Waals surface area contributed by atoms with E-state index in [2.05, 4.69) is 59.9 Å². The maximum Gasteiger partial charge on any atom is 0.118 e. The van der Waals surface area contributed by atoms with Gasteiger partial charge in [-0.2, -0.15) is 0 Å². The molecule has 1 aliphatic rings. The van der Waals surface area contributed by atoms with Crippen molar-refractivity contribution in [2.45, 2.75) is 44.1 Å². The van der Waals surface area contributed by atoms with Gasteiger partial charge in [0.2, 0.25) is 0 Å². The molecule has 23 heavy (non-hydrogen) atoms. The van der Waals surface area contributed by atoms with Crippen LogP contribution in [0.3, 0.4) is 0 Å². The lowest BCUT2D eigenvalue weighted by Gasteiger charge is -2.33. The maximum absolute atomic E-state index is 5.28. The summed E-state index contributed by atoms with van der Waals surface area (Å²) in [4.78, 5) is 0. The third-order valence-electron chi connectivity index (χ3n) is 4.97. The first-order valence-electron chi connectivity index (χ1n) is 8.78. The van der Waals surface area contributed by atoms with Crippen molar-refractivity contribution >= 4 is 0 Å². The van der Waals surface area contributed by atoms with Gasteiger partial charge in [-0.25, -0.2) is 0 Å². The predicted octanol–water partition coefficient (Wildman–Crippen LogP) is 4.55. The second-order valence-electron chi connectivity index (χ2n) is 6.46. The smallest absolute Gasteiger partial charge is 0.118 e. The molecule has 0 aliphatic heterocycles. The summed E-state index contributed by atoms with van der Waals surface area (Å²) in [6.45, 7) is 1.06. The fraction of sp³-hybridized carbons (Fsp3) is 0.429. The molecule has 3 rings (SSSR count). The van der Waals surface area contributed by atoms with Gasteiger partial charge < -0.3 is 10.1 Å². The van der Waals surface area contributed by atoms with Gasteiger partial charge in [-0.05, 0) is 55.0 Å². The van der Waals surface area contributed by atoms with Crippen LogP contribution < -0.4 is 10.1 Å². The van der Waals surface area contributed by atoms with Gasteiger partial charge in [-0.15, -0.1) is 0 Å². The molecule has 0 spiro atoms. The van der Waals surface area contributed by atoms with Crippen LogP contribution >= 0.6 is 0 Å². The Labute approximate surface area is 139 Å². The topological polar surface area (TPSA) is 21.3 Å². The fourth-order valence-electron chi connectivity index (χ4n) is 3.67. The Morgan fingerprint density at radius 2 is 1.70 bits per heavy atom. The molecule has 2 nitrogen and oxygen atoms in total. The summed E-state index contributed by atoms with van der Waals surface area (Å²) >= 11 is 0. The zero-order chi connectivity index (χ0) is 15.9. The Morgan fingerprint density at radius 1 is 0.957 bits per heavy atom. The van der Waals surface area contributed by atoms with E-state index in [-0.39, 0.29) is 0 Å². The van der Waals surface area contributed by atoms with Crippen LogP contribution in [0.2, 0.25) is 0 Å². The van der Waals surface area contributed by atoms with Crippen molar-refractivity contribution < 1.29 is 4.74 Å². The summed E-state index contributed by atoms with van der Waals surface area (Å²) < 4.78 is 5.28. The molecule has 1 saturated carbocycles. The molecule has 2 aromatic carbocycles. The average molecular weight is 309 g/mol. The minimum atomic E-state index is 0.598. The number of benzene rings is 2. The molecule has 1 fully saturated rings. The summed E-state index contributed by atoms with van der Waals surface area (Å²) in [5.41, 5.74) is 2.86. The van der Waals surface area contributed by atoms with Crippen molar-refractivity contribution in [2.24, 2.45) is 0 Å². The lowest BCUT2D eigenvalue weighted by atomic mass is 9.80. The summed E-state index contributed by atoms with van der Waals surface area (Å²) in [6.07, 6.45) is 6.36. The van der Waals surface area contributed by atoms with Crippen molar-refractivity contribution in [3.05, 3.63) is 65.7 Å². The largest absolute Gasteiger partial charge is 0.497 e. The lowest BCUT2D eigenvalue weighted by Crippen LogP contribution is -2.38. The predicted molar refractivity (Wildman–Crippen MR) is 96.1 cm³/mol. The van der Waals surface area contributed by atoms with Gasteiger partial charge in [0.05, 0.1) is 7.11 Å². The molecule has 1 aliphatic carbocycles. The molecule has 2 heteroatoms. The molecule has 0 saturated heterocycles. The van der Waals surface area contributed by atoms with Crippen molar-refractivity contribution in [3.63, 3.8) is 0 Å². The van der Waals surface area contributed by atoms with Crippen LogP contribution in [-0.4, -0.2) is 19.7 Å². The van der Waals surface area contributed by atoms with E-state index < -0.39 is 0 Å². The van der Waals surface area contributed by atoms with Crippen LogP contribution in [0.4, 0.5) is 0 Å². The standard InChI is InChI=1S/C21H27NO/c1-23-19-13-11-18(12-14-19)20-9-5-6-10-21(20)22-16-15-17-7-3-2-4-8-17/h2-4,7-8,11-14,20-22H,5-6,9-10,15-16H2,1H3/t20-,21-/m1/s1. The zero-order valence-corrected chi connectivity index (χ0v) is 14.0. The molecule has 0 bridgehead atoms. The number of ether oxygens (including phenoxy) is 1. The summed E-state index contributed by atoms with van der Waals surface area (Å²) in [5, 5.41) is 3.82. The summed E-state index contributed by atoms with van der Waals surface area (Å²) in [5.74, 6) is 1.57. The Bertz CT molecular complexity index is 579. The molecule has 0 amide bonds. The van der Waals surface area contributed by atoms with E-state index in [1.165, 1.54) is 36.8 Å². The van der Waals surface area contributed by atoms with Crippen molar-refractivity contribution in [2.75, 3.05) is 13.7 Å². The maximum atomic E-state index is 5.28. The molecule has 122 valence electrons. The molecule has 0 unspecified atom stereocenters. The van der Waals surface area contributed by atoms with Crippen LogP contribution in [0.1, 0.15) is 42.7 Å². The highest BCUT2D eigenvalue weighted by molar-refractivity contribution is 5.30. The third-order valence-corrected chi connectivity index (χ3v) is 4.97. The number of rotatable bonds is 6. The van der Waals surface area contributed by atoms with Crippen LogP contribution in [0.25, 0.3) is 0 Å². The first kappa shape index (κ1) is 16.1. The Kier molecular flexibility index (Phi) is 5.71. The minimum Gasteiger partial charge on any atom is -0.497 e. The molecule has 0 radical (unpaired) electrons. The lowest BCUT2D eigenvalue weighted by molar-refractivity contribution is 0.329. The molecule has 2 atom stereocenters. The van der Waals surface area contributed by atoms with Gasteiger partial charge in [0.25, 0.3) is 0 Å². The van der Waals surface area contributed by atoms with Crippen molar-refractivity contribution in [1.82, 2.24) is 5.32 Å². The Morgan fingerprint density at radius 3 is 2.43 bits per heavy atom. The van der Waals surface area contributed by atoms with Gasteiger partial charge >= 0.3 is 0 Å². The van der Waals surface area contributed by atoms with Crippen LogP contribution in [0, 0.1) is 0 Å². The second kappa shape index (κ2) is 8.16. The second-order valence-corrected chi connectivity index (χ2v) is 6.46. The molecule has 0 heterocycles. The number of nitrogens with one attached hydrogen (secondary N) is 1. The molecular formula is C21H27NO. The molecule has 2 aromatic rings. The normalized spacial score (nSPS) is 21.1. The Balaban J connectivity index is 1.59. The first-order valence-corrected chi connectivity index (χ1v) is 8.78. The molecule has 1 N–H and O–H groups in total. The van der Waals surface area contributed by atoms with Gasteiger partial charge in [-0.1, -0.05) is 55.3 Å². The SMILES string of the molecule is COc1ccc([C@H]2CCCC[C@H]2NCCc2ccccc2)cc1. The fourth-order valence-corrected chi connectivity index (χ4v) is 3.67. The van der Waals surface area contributed by atoms with Gasteiger partial charge in [0.15, 0.2) is 0 Å². The van der Waals surface area contributed by atoms with E-state index in [4.69, 9.17) is 4.74 Å².